The van der Waals surface area contributed by atoms with E-state index < -0.39 is 0 Å². The SMILES string of the molecule is Cc1ccc(F)c2c1[C@@H](C)NCC2. The van der Waals surface area contributed by atoms with Gasteiger partial charge in [-0.2, -0.15) is 0 Å². The lowest BCUT2D eigenvalue weighted by Crippen LogP contribution is -2.29. The normalized spacial score (nSPS) is 21.3. The second kappa shape index (κ2) is 3.11. The van der Waals surface area contributed by atoms with Gasteiger partial charge in [-0.25, -0.2) is 4.39 Å². The Kier molecular flexibility index (Phi) is 2.08. The minimum absolute atomic E-state index is 0.0473. The van der Waals surface area contributed by atoms with Crippen LogP contribution in [0.3, 0.4) is 0 Å². The summed E-state index contributed by atoms with van der Waals surface area (Å²) in [6.07, 6.45) is 0.813. The molecule has 0 saturated carbocycles. The molecule has 0 radical (unpaired) electrons. The van der Waals surface area contributed by atoms with Crippen molar-refractivity contribution in [2.24, 2.45) is 0 Å². The lowest BCUT2D eigenvalue weighted by Gasteiger charge is -2.26. The Morgan fingerprint density at radius 1 is 1.46 bits per heavy atom. The lowest BCUT2D eigenvalue weighted by atomic mass is 9.91. The maximum absolute atomic E-state index is 13.4. The van der Waals surface area contributed by atoms with Gasteiger partial charge in [0, 0.05) is 6.04 Å². The summed E-state index contributed by atoms with van der Waals surface area (Å²) >= 11 is 0. The molecule has 0 amide bonds. The van der Waals surface area contributed by atoms with Crippen LogP contribution in [0.15, 0.2) is 12.1 Å². The third-order valence-corrected chi connectivity index (χ3v) is 2.78. The van der Waals surface area contributed by atoms with E-state index in [1.54, 1.807) is 6.07 Å². The van der Waals surface area contributed by atoms with Gasteiger partial charge in [-0.15, -0.1) is 0 Å². The van der Waals surface area contributed by atoms with Crippen molar-refractivity contribution < 1.29 is 4.39 Å². The molecular weight excluding hydrogens is 165 g/mol. The molecule has 0 saturated heterocycles. The van der Waals surface area contributed by atoms with Gasteiger partial charge in [-0.05, 0) is 49.6 Å². The number of aryl methyl sites for hydroxylation is 1. The molecule has 2 heteroatoms. The van der Waals surface area contributed by atoms with Crippen molar-refractivity contribution in [3.8, 4) is 0 Å². The van der Waals surface area contributed by atoms with Gasteiger partial charge in [0.05, 0.1) is 0 Å². The molecule has 70 valence electrons. The molecule has 0 spiro atoms. The highest BCUT2D eigenvalue weighted by Crippen LogP contribution is 2.27. The summed E-state index contributed by atoms with van der Waals surface area (Å²) in [6.45, 7) is 5.01. The van der Waals surface area contributed by atoms with Crippen LogP contribution in [0.4, 0.5) is 4.39 Å². The zero-order chi connectivity index (χ0) is 9.42. The average molecular weight is 179 g/mol. The molecule has 0 fully saturated rings. The highest BCUT2D eigenvalue weighted by Gasteiger charge is 2.20. The molecule has 0 aromatic heterocycles. The van der Waals surface area contributed by atoms with Gasteiger partial charge >= 0.3 is 0 Å². The Balaban J connectivity index is 2.60. The fourth-order valence-corrected chi connectivity index (χ4v) is 2.13. The fourth-order valence-electron chi connectivity index (χ4n) is 2.13. The molecule has 0 aliphatic carbocycles. The summed E-state index contributed by atoms with van der Waals surface area (Å²) in [7, 11) is 0. The summed E-state index contributed by atoms with van der Waals surface area (Å²) in [5, 5.41) is 3.34. The number of halogens is 1. The van der Waals surface area contributed by atoms with Gasteiger partial charge < -0.3 is 5.32 Å². The quantitative estimate of drug-likeness (QED) is 0.644. The first-order valence-corrected chi connectivity index (χ1v) is 4.71. The van der Waals surface area contributed by atoms with Crippen molar-refractivity contribution in [2.75, 3.05) is 6.54 Å². The summed E-state index contributed by atoms with van der Waals surface area (Å²) in [5.41, 5.74) is 3.26. The number of fused-ring (bicyclic) bond motifs is 1. The number of nitrogens with one attached hydrogen (secondary N) is 1. The molecule has 1 aromatic carbocycles. The third kappa shape index (κ3) is 1.35. The molecule has 1 aliphatic heterocycles. The van der Waals surface area contributed by atoms with Crippen LogP contribution in [0, 0.1) is 12.7 Å². The molecule has 13 heavy (non-hydrogen) atoms. The van der Waals surface area contributed by atoms with Crippen molar-refractivity contribution in [2.45, 2.75) is 26.3 Å². The Morgan fingerprint density at radius 2 is 2.23 bits per heavy atom. The van der Waals surface area contributed by atoms with Crippen LogP contribution in [-0.2, 0) is 6.42 Å². The van der Waals surface area contributed by atoms with E-state index in [1.165, 1.54) is 5.56 Å². The van der Waals surface area contributed by atoms with Crippen molar-refractivity contribution in [3.05, 3.63) is 34.6 Å². The monoisotopic (exact) mass is 179 g/mol. The number of hydrogen-bond donors (Lipinski definition) is 1. The Bertz CT molecular complexity index is 333. The van der Waals surface area contributed by atoms with Gasteiger partial charge in [0.15, 0.2) is 0 Å². The molecule has 0 unspecified atom stereocenters. The first-order chi connectivity index (χ1) is 6.20. The molecule has 1 heterocycles. The maximum atomic E-state index is 13.4. The zero-order valence-electron chi connectivity index (χ0n) is 8.02. The van der Waals surface area contributed by atoms with Crippen LogP contribution in [0.5, 0.6) is 0 Å². The van der Waals surface area contributed by atoms with Crippen LogP contribution < -0.4 is 5.32 Å². The molecule has 1 aliphatic rings. The van der Waals surface area contributed by atoms with Crippen LogP contribution in [-0.4, -0.2) is 6.54 Å². The van der Waals surface area contributed by atoms with E-state index in [9.17, 15) is 4.39 Å². The van der Waals surface area contributed by atoms with E-state index >= 15 is 0 Å². The molecule has 1 nitrogen and oxygen atoms in total. The standard InChI is InChI=1S/C11H14FN/c1-7-3-4-10(12)9-5-6-13-8(2)11(7)9/h3-4,8,13H,5-6H2,1-2H3/t8-/m1/s1. The minimum atomic E-state index is -0.0473. The summed E-state index contributed by atoms with van der Waals surface area (Å²) in [6, 6.07) is 3.73. The molecule has 1 N–H and O–H groups in total. The summed E-state index contributed by atoms with van der Waals surface area (Å²) in [4.78, 5) is 0. The Hall–Kier alpha value is -0.890. The first-order valence-electron chi connectivity index (χ1n) is 4.71. The van der Waals surface area contributed by atoms with Crippen LogP contribution in [0.25, 0.3) is 0 Å². The largest absolute Gasteiger partial charge is 0.310 e. The predicted octanol–water partition coefficient (Wildman–Crippen LogP) is 2.34. The second-order valence-electron chi connectivity index (χ2n) is 3.68. The number of rotatable bonds is 0. The number of benzene rings is 1. The van der Waals surface area contributed by atoms with Gasteiger partial charge in [-0.1, -0.05) is 6.07 Å². The van der Waals surface area contributed by atoms with E-state index in [0.29, 0.717) is 6.04 Å². The molecule has 1 aromatic rings. The van der Waals surface area contributed by atoms with Crippen LogP contribution >= 0.6 is 0 Å². The first kappa shape index (κ1) is 8.70. The molecule has 0 bridgehead atoms. The highest BCUT2D eigenvalue weighted by molar-refractivity contribution is 5.39. The molecular formula is C11H14FN. The van der Waals surface area contributed by atoms with Gasteiger partial charge in [0.25, 0.3) is 0 Å². The Morgan fingerprint density at radius 3 is 2.92 bits per heavy atom. The smallest absolute Gasteiger partial charge is 0.126 e. The van der Waals surface area contributed by atoms with Crippen LogP contribution in [0.2, 0.25) is 0 Å². The van der Waals surface area contributed by atoms with Crippen molar-refractivity contribution >= 4 is 0 Å². The molecule has 2 rings (SSSR count). The predicted molar refractivity (Wildman–Crippen MR) is 51.3 cm³/mol. The third-order valence-electron chi connectivity index (χ3n) is 2.78. The average Bonchev–Trinajstić information content (AvgIpc) is 2.12. The van der Waals surface area contributed by atoms with Gasteiger partial charge in [0.1, 0.15) is 5.82 Å². The van der Waals surface area contributed by atoms with E-state index in [0.717, 1.165) is 24.1 Å². The van der Waals surface area contributed by atoms with Crippen molar-refractivity contribution in [1.29, 1.82) is 0 Å². The van der Waals surface area contributed by atoms with Crippen molar-refractivity contribution in [1.82, 2.24) is 5.32 Å². The lowest BCUT2D eigenvalue weighted by molar-refractivity contribution is 0.510. The number of hydrogen-bond acceptors (Lipinski definition) is 1. The maximum Gasteiger partial charge on any atom is 0.126 e. The summed E-state index contributed by atoms with van der Waals surface area (Å²) < 4.78 is 13.4. The Labute approximate surface area is 78.0 Å². The second-order valence-corrected chi connectivity index (χ2v) is 3.68. The fraction of sp³-hybridized carbons (Fsp3) is 0.455. The van der Waals surface area contributed by atoms with E-state index in [2.05, 4.69) is 12.2 Å². The van der Waals surface area contributed by atoms with E-state index in [1.807, 2.05) is 13.0 Å². The van der Waals surface area contributed by atoms with E-state index in [4.69, 9.17) is 0 Å². The topological polar surface area (TPSA) is 12.0 Å². The molecule has 1 atom stereocenters. The highest BCUT2D eigenvalue weighted by atomic mass is 19.1. The van der Waals surface area contributed by atoms with E-state index in [-0.39, 0.29) is 5.82 Å². The summed E-state index contributed by atoms with van der Waals surface area (Å²) in [5.74, 6) is -0.0473. The minimum Gasteiger partial charge on any atom is -0.310 e. The van der Waals surface area contributed by atoms with Gasteiger partial charge in [0.2, 0.25) is 0 Å². The van der Waals surface area contributed by atoms with Crippen molar-refractivity contribution in [3.63, 3.8) is 0 Å². The van der Waals surface area contributed by atoms with Crippen LogP contribution in [0.1, 0.15) is 29.7 Å². The van der Waals surface area contributed by atoms with Gasteiger partial charge in [-0.3, -0.25) is 0 Å². The zero-order valence-corrected chi connectivity index (χ0v) is 8.02.